The molecule has 1 aromatic heterocycles. The van der Waals surface area contributed by atoms with Crippen LogP contribution in [0.5, 0.6) is 23.0 Å². The maximum Gasteiger partial charge on any atom is 0.203 e. The number of hydrogen-bond acceptors (Lipinski definition) is 6. The van der Waals surface area contributed by atoms with E-state index in [2.05, 4.69) is 4.98 Å². The second kappa shape index (κ2) is 7.49. The monoisotopic (exact) mass is 369 g/mol. The first-order valence-corrected chi connectivity index (χ1v) is 8.29. The Morgan fingerprint density at radius 1 is 0.815 bits per heavy atom. The first kappa shape index (κ1) is 18.4. The van der Waals surface area contributed by atoms with Gasteiger partial charge in [-0.05, 0) is 30.3 Å². The Bertz CT molecular complexity index is 941. The minimum absolute atomic E-state index is 0.543. The number of anilines is 1. The smallest absolute Gasteiger partial charge is 0.203 e. The van der Waals surface area contributed by atoms with Crippen molar-refractivity contribution in [1.29, 1.82) is 0 Å². The number of hydrogen-bond donors (Lipinski definition) is 1. The van der Waals surface area contributed by atoms with Gasteiger partial charge in [0.15, 0.2) is 11.5 Å². The Kier molecular flexibility index (Phi) is 5.12. The Hall–Kier alpha value is -3.35. The molecule has 0 unspecified atom stereocenters. The van der Waals surface area contributed by atoms with Crippen LogP contribution in [0.2, 0.25) is 0 Å². The Labute approximate surface area is 158 Å². The molecular formula is C20H23N3O4. The van der Waals surface area contributed by atoms with Gasteiger partial charge in [0, 0.05) is 18.2 Å². The molecule has 0 spiro atoms. The quantitative estimate of drug-likeness (QED) is 0.671. The maximum absolute atomic E-state index is 6.08. The Balaban J connectivity index is 2.19. The summed E-state index contributed by atoms with van der Waals surface area (Å²) in [6.07, 6.45) is 1.76. The van der Waals surface area contributed by atoms with Crippen molar-refractivity contribution in [1.82, 2.24) is 9.55 Å². The zero-order valence-electron chi connectivity index (χ0n) is 16.1. The fourth-order valence-electron chi connectivity index (χ4n) is 3.08. The fraction of sp³-hybridized carbons (Fsp3) is 0.250. The number of benzene rings is 2. The van der Waals surface area contributed by atoms with Crippen LogP contribution in [0.3, 0.4) is 0 Å². The molecule has 0 aliphatic heterocycles. The molecule has 1 heterocycles. The second-order valence-corrected chi connectivity index (χ2v) is 5.92. The molecule has 142 valence electrons. The summed E-state index contributed by atoms with van der Waals surface area (Å²) in [5.41, 5.74) is 10.1. The van der Waals surface area contributed by atoms with E-state index in [0.29, 0.717) is 28.7 Å². The summed E-state index contributed by atoms with van der Waals surface area (Å²) in [5.74, 6) is 2.33. The molecule has 7 nitrogen and oxygen atoms in total. The minimum atomic E-state index is 0.543. The number of nitrogen functional groups attached to an aromatic ring is 1. The fourth-order valence-corrected chi connectivity index (χ4v) is 3.08. The van der Waals surface area contributed by atoms with Gasteiger partial charge in [-0.25, -0.2) is 4.98 Å². The highest BCUT2D eigenvalue weighted by molar-refractivity contribution is 5.82. The van der Waals surface area contributed by atoms with Gasteiger partial charge in [-0.2, -0.15) is 0 Å². The van der Waals surface area contributed by atoms with E-state index >= 15 is 0 Å². The number of imidazole rings is 1. The van der Waals surface area contributed by atoms with Crippen LogP contribution in [0.4, 0.5) is 5.69 Å². The predicted octanol–water partition coefficient (Wildman–Crippen LogP) is 3.37. The predicted molar refractivity (Wildman–Crippen MR) is 105 cm³/mol. The average molecular weight is 369 g/mol. The van der Waals surface area contributed by atoms with Crippen LogP contribution < -0.4 is 24.7 Å². The van der Waals surface area contributed by atoms with Crippen LogP contribution in [0.1, 0.15) is 0 Å². The molecule has 0 amide bonds. The molecular weight excluding hydrogens is 346 g/mol. The summed E-state index contributed by atoms with van der Waals surface area (Å²) >= 11 is 0. The summed E-state index contributed by atoms with van der Waals surface area (Å²) in [6, 6.07) is 9.41. The van der Waals surface area contributed by atoms with E-state index in [1.807, 2.05) is 41.9 Å². The van der Waals surface area contributed by atoms with E-state index in [1.165, 1.54) is 0 Å². The summed E-state index contributed by atoms with van der Waals surface area (Å²) in [6.45, 7) is 0. The van der Waals surface area contributed by atoms with E-state index in [4.69, 9.17) is 24.7 Å². The van der Waals surface area contributed by atoms with Crippen molar-refractivity contribution in [2.45, 2.75) is 0 Å². The van der Waals surface area contributed by atoms with Crippen molar-refractivity contribution < 1.29 is 18.9 Å². The maximum atomic E-state index is 6.08. The van der Waals surface area contributed by atoms with Crippen LogP contribution in [0, 0.1) is 0 Å². The van der Waals surface area contributed by atoms with Gasteiger partial charge < -0.3 is 29.2 Å². The summed E-state index contributed by atoms with van der Waals surface area (Å²) < 4.78 is 23.6. The van der Waals surface area contributed by atoms with E-state index in [-0.39, 0.29) is 0 Å². The molecule has 0 radical (unpaired) electrons. The van der Waals surface area contributed by atoms with Gasteiger partial charge in [0.2, 0.25) is 5.75 Å². The lowest BCUT2D eigenvalue weighted by Gasteiger charge is -2.15. The molecule has 2 N–H and O–H groups in total. The molecule has 0 aliphatic rings. The topological polar surface area (TPSA) is 80.8 Å². The molecule has 0 atom stereocenters. The number of methoxy groups -OCH3 is 4. The molecule has 2 aromatic carbocycles. The van der Waals surface area contributed by atoms with Crippen LogP contribution in [-0.4, -0.2) is 38.0 Å². The first-order valence-electron chi connectivity index (χ1n) is 8.29. The molecule has 0 bridgehead atoms. The molecule has 3 rings (SSSR count). The van der Waals surface area contributed by atoms with Crippen LogP contribution in [-0.2, 0) is 7.05 Å². The zero-order valence-corrected chi connectivity index (χ0v) is 16.1. The van der Waals surface area contributed by atoms with E-state index in [0.717, 1.165) is 22.5 Å². The van der Waals surface area contributed by atoms with E-state index in [9.17, 15) is 0 Å². The Morgan fingerprint density at radius 2 is 1.44 bits per heavy atom. The highest BCUT2D eigenvalue weighted by Crippen LogP contribution is 2.43. The lowest BCUT2D eigenvalue weighted by Crippen LogP contribution is -1.98. The normalized spacial score (nSPS) is 10.6. The van der Waals surface area contributed by atoms with Crippen molar-refractivity contribution in [3.05, 3.63) is 36.7 Å². The van der Waals surface area contributed by atoms with Crippen molar-refractivity contribution in [3.8, 4) is 45.5 Å². The van der Waals surface area contributed by atoms with Crippen molar-refractivity contribution in [2.75, 3.05) is 34.2 Å². The third kappa shape index (κ3) is 3.23. The lowest BCUT2D eigenvalue weighted by atomic mass is 10.0. The number of aromatic nitrogens is 2. The molecule has 0 fully saturated rings. The third-order valence-electron chi connectivity index (χ3n) is 4.38. The summed E-state index contributed by atoms with van der Waals surface area (Å²) in [5, 5.41) is 0. The minimum Gasteiger partial charge on any atom is -0.495 e. The van der Waals surface area contributed by atoms with Gasteiger partial charge in [0.25, 0.3) is 0 Å². The number of rotatable bonds is 6. The molecule has 0 saturated heterocycles. The van der Waals surface area contributed by atoms with Crippen molar-refractivity contribution in [3.63, 3.8) is 0 Å². The third-order valence-corrected chi connectivity index (χ3v) is 4.38. The van der Waals surface area contributed by atoms with Crippen molar-refractivity contribution in [2.24, 2.45) is 7.05 Å². The number of ether oxygens (including phenoxy) is 4. The number of nitrogens with two attached hydrogens (primary N) is 1. The molecule has 27 heavy (non-hydrogen) atoms. The van der Waals surface area contributed by atoms with E-state index in [1.54, 1.807) is 34.8 Å². The average Bonchev–Trinajstić information content (AvgIpc) is 3.08. The SMILES string of the molecule is COc1ccc(-c2ncn(C)c2-c2cc(OC)c(OC)c(OC)c2)cc1N. The van der Waals surface area contributed by atoms with Crippen LogP contribution in [0.15, 0.2) is 36.7 Å². The molecule has 7 heteroatoms. The standard InChI is InChI=1S/C20H23N3O4/c1-23-11-22-18(12-6-7-15(24-2)14(21)8-12)19(23)13-9-16(25-3)20(27-5)17(10-13)26-4/h6-11H,21H2,1-5H3. The van der Waals surface area contributed by atoms with Gasteiger partial charge in [0.05, 0.1) is 51.8 Å². The largest absolute Gasteiger partial charge is 0.495 e. The first-order chi connectivity index (χ1) is 13.0. The summed E-state index contributed by atoms with van der Waals surface area (Å²) in [4.78, 5) is 4.57. The zero-order chi connectivity index (χ0) is 19.6. The Morgan fingerprint density at radius 3 is 1.96 bits per heavy atom. The van der Waals surface area contributed by atoms with Gasteiger partial charge in [-0.1, -0.05) is 0 Å². The number of aryl methyl sites for hydroxylation is 1. The van der Waals surface area contributed by atoms with Crippen LogP contribution >= 0.6 is 0 Å². The highest BCUT2D eigenvalue weighted by atomic mass is 16.5. The molecule has 3 aromatic rings. The number of nitrogens with zero attached hydrogens (tertiary/aromatic N) is 2. The molecule has 0 aliphatic carbocycles. The second-order valence-electron chi connectivity index (χ2n) is 5.92. The highest BCUT2D eigenvalue weighted by Gasteiger charge is 2.19. The van der Waals surface area contributed by atoms with Gasteiger partial charge in [0.1, 0.15) is 5.75 Å². The van der Waals surface area contributed by atoms with Gasteiger partial charge in [-0.15, -0.1) is 0 Å². The van der Waals surface area contributed by atoms with Crippen molar-refractivity contribution >= 4 is 5.69 Å². The van der Waals surface area contributed by atoms with Crippen LogP contribution in [0.25, 0.3) is 22.5 Å². The lowest BCUT2D eigenvalue weighted by molar-refractivity contribution is 0.324. The molecule has 0 saturated carbocycles. The summed E-state index contributed by atoms with van der Waals surface area (Å²) in [7, 11) is 8.29. The van der Waals surface area contributed by atoms with Gasteiger partial charge in [-0.3, -0.25) is 0 Å². The van der Waals surface area contributed by atoms with E-state index < -0.39 is 0 Å². The van der Waals surface area contributed by atoms with Gasteiger partial charge >= 0.3 is 0 Å².